The Morgan fingerprint density at radius 1 is 1.12 bits per heavy atom. The first-order valence-corrected chi connectivity index (χ1v) is 9.53. The number of benzene rings is 2. The molecule has 0 aromatic heterocycles. The summed E-state index contributed by atoms with van der Waals surface area (Å²) in [7, 11) is 1.67. The summed E-state index contributed by atoms with van der Waals surface area (Å²) in [4.78, 5) is 16.7. The van der Waals surface area contributed by atoms with Gasteiger partial charge in [-0.3, -0.25) is 4.79 Å². The summed E-state index contributed by atoms with van der Waals surface area (Å²) in [6, 6.07) is 14.1. The second-order valence-corrected chi connectivity index (χ2v) is 7.29. The smallest absolute Gasteiger partial charge is 0.241 e. The van der Waals surface area contributed by atoms with Crippen LogP contribution in [0.2, 0.25) is 0 Å². The van der Waals surface area contributed by atoms with E-state index in [1.54, 1.807) is 7.11 Å². The van der Waals surface area contributed by atoms with Gasteiger partial charge in [0.05, 0.1) is 13.7 Å². The second kappa shape index (κ2) is 8.45. The van der Waals surface area contributed by atoms with Crippen LogP contribution in [-0.2, 0) is 4.79 Å². The van der Waals surface area contributed by atoms with Gasteiger partial charge in [-0.25, -0.2) is 0 Å². The second-order valence-electron chi connectivity index (χ2n) is 6.38. The van der Waals surface area contributed by atoms with E-state index < -0.39 is 0 Å². The van der Waals surface area contributed by atoms with Crippen molar-refractivity contribution in [2.24, 2.45) is 0 Å². The fourth-order valence-corrected chi connectivity index (χ4v) is 3.59. The van der Waals surface area contributed by atoms with E-state index in [-0.39, 0.29) is 5.91 Å². The highest BCUT2D eigenvalue weighted by atomic mass is 79.9. The quantitative estimate of drug-likeness (QED) is 0.807. The normalized spacial score (nSPS) is 14.3. The van der Waals surface area contributed by atoms with Gasteiger partial charge in [0.1, 0.15) is 5.75 Å². The molecule has 5 nitrogen and oxygen atoms in total. The molecule has 0 bridgehead atoms. The first-order chi connectivity index (χ1) is 12.6. The topological polar surface area (TPSA) is 44.8 Å². The number of methoxy groups -OCH3 is 1. The molecule has 1 fully saturated rings. The number of hydrogen-bond donors (Lipinski definition) is 1. The zero-order chi connectivity index (χ0) is 18.5. The van der Waals surface area contributed by atoms with Gasteiger partial charge in [0.2, 0.25) is 5.91 Å². The largest absolute Gasteiger partial charge is 0.497 e. The van der Waals surface area contributed by atoms with Crippen molar-refractivity contribution in [3.05, 3.63) is 52.5 Å². The molecule has 1 aliphatic rings. The Morgan fingerprint density at radius 2 is 1.81 bits per heavy atom. The number of halogens is 1. The Bertz CT molecular complexity index is 756. The minimum absolute atomic E-state index is 0.140. The summed E-state index contributed by atoms with van der Waals surface area (Å²) in [6.07, 6.45) is 0. The van der Waals surface area contributed by atoms with E-state index in [0.29, 0.717) is 6.54 Å². The van der Waals surface area contributed by atoms with E-state index >= 15 is 0 Å². The summed E-state index contributed by atoms with van der Waals surface area (Å²) < 4.78 is 6.25. The number of piperazine rings is 1. The average Bonchev–Trinajstić information content (AvgIpc) is 2.67. The first-order valence-electron chi connectivity index (χ1n) is 8.73. The van der Waals surface area contributed by atoms with E-state index in [9.17, 15) is 4.79 Å². The molecule has 0 spiro atoms. The zero-order valence-corrected chi connectivity index (χ0v) is 16.8. The third kappa shape index (κ3) is 4.49. The third-order valence-corrected chi connectivity index (χ3v) is 5.18. The molecule has 1 N–H and O–H groups in total. The highest BCUT2D eigenvalue weighted by molar-refractivity contribution is 9.10. The monoisotopic (exact) mass is 417 g/mol. The molecule has 2 aromatic carbocycles. The number of carbonyl (C=O) groups excluding carboxylic acids is 1. The van der Waals surface area contributed by atoms with Crippen molar-refractivity contribution in [3.8, 4) is 5.75 Å². The summed E-state index contributed by atoms with van der Waals surface area (Å²) >= 11 is 3.46. The predicted octanol–water partition coefficient (Wildman–Crippen LogP) is 3.53. The number of carbonyl (C=O) groups is 1. The molecule has 2 aromatic rings. The van der Waals surface area contributed by atoms with E-state index in [1.807, 2.05) is 42.2 Å². The number of amides is 1. The number of nitrogens with zero attached hydrogens (tertiary/aromatic N) is 2. The van der Waals surface area contributed by atoms with Gasteiger partial charge in [-0.15, -0.1) is 0 Å². The van der Waals surface area contributed by atoms with E-state index in [2.05, 4.69) is 38.3 Å². The molecule has 26 heavy (non-hydrogen) atoms. The number of nitrogens with one attached hydrogen (secondary N) is 1. The van der Waals surface area contributed by atoms with Gasteiger partial charge in [0, 0.05) is 42.0 Å². The molecule has 0 radical (unpaired) electrons. The van der Waals surface area contributed by atoms with E-state index in [1.165, 1.54) is 5.69 Å². The molecule has 1 saturated heterocycles. The molecule has 6 heteroatoms. The molecule has 1 amide bonds. The highest BCUT2D eigenvalue weighted by Crippen LogP contribution is 2.21. The van der Waals surface area contributed by atoms with Crippen LogP contribution in [0.1, 0.15) is 5.56 Å². The standard InChI is InChI=1S/C20H24BrN3O2/c1-15-13-16(21)3-8-19(15)22-14-20(25)24-11-9-23(10-12-24)17-4-6-18(26-2)7-5-17/h3-8,13,22H,9-12,14H2,1-2H3. The molecule has 138 valence electrons. The van der Waals surface area contributed by atoms with Gasteiger partial charge in [-0.2, -0.15) is 0 Å². The van der Waals surface area contributed by atoms with Crippen molar-refractivity contribution in [3.63, 3.8) is 0 Å². The Morgan fingerprint density at radius 3 is 2.42 bits per heavy atom. The van der Waals surface area contributed by atoms with Crippen molar-refractivity contribution < 1.29 is 9.53 Å². The maximum atomic E-state index is 12.5. The van der Waals surface area contributed by atoms with Crippen LogP contribution < -0.4 is 15.0 Å². The minimum atomic E-state index is 0.140. The average molecular weight is 418 g/mol. The molecule has 1 aliphatic heterocycles. The summed E-state index contributed by atoms with van der Waals surface area (Å²) in [5.41, 5.74) is 3.29. The fourth-order valence-electron chi connectivity index (χ4n) is 3.12. The Kier molecular flexibility index (Phi) is 6.04. The van der Waals surface area contributed by atoms with Gasteiger partial charge in [0.15, 0.2) is 0 Å². The Balaban J connectivity index is 1.50. The number of anilines is 2. The van der Waals surface area contributed by atoms with Gasteiger partial charge < -0.3 is 19.9 Å². The van der Waals surface area contributed by atoms with Crippen LogP contribution >= 0.6 is 15.9 Å². The first kappa shape index (κ1) is 18.6. The summed E-state index contributed by atoms with van der Waals surface area (Å²) in [6.45, 7) is 5.53. The van der Waals surface area contributed by atoms with Crippen LogP contribution in [0, 0.1) is 6.92 Å². The zero-order valence-electron chi connectivity index (χ0n) is 15.2. The van der Waals surface area contributed by atoms with Crippen molar-refractivity contribution >= 4 is 33.2 Å². The van der Waals surface area contributed by atoms with Crippen LogP contribution in [0.3, 0.4) is 0 Å². The van der Waals surface area contributed by atoms with Gasteiger partial charge in [0.25, 0.3) is 0 Å². The van der Waals surface area contributed by atoms with Crippen molar-refractivity contribution in [2.45, 2.75) is 6.92 Å². The maximum absolute atomic E-state index is 12.5. The lowest BCUT2D eigenvalue weighted by Gasteiger charge is -2.36. The van der Waals surface area contributed by atoms with E-state index in [0.717, 1.165) is 47.7 Å². The highest BCUT2D eigenvalue weighted by Gasteiger charge is 2.21. The summed E-state index contributed by atoms with van der Waals surface area (Å²) in [5.74, 6) is 0.999. The van der Waals surface area contributed by atoms with Gasteiger partial charge >= 0.3 is 0 Å². The predicted molar refractivity (Wildman–Crippen MR) is 109 cm³/mol. The Labute approximate surface area is 163 Å². The SMILES string of the molecule is COc1ccc(N2CCN(C(=O)CNc3ccc(Br)cc3C)CC2)cc1. The van der Waals surface area contributed by atoms with Crippen LogP contribution in [0.5, 0.6) is 5.75 Å². The fraction of sp³-hybridized carbons (Fsp3) is 0.350. The van der Waals surface area contributed by atoms with Crippen LogP contribution in [-0.4, -0.2) is 50.6 Å². The molecule has 3 rings (SSSR count). The number of ether oxygens (including phenoxy) is 1. The maximum Gasteiger partial charge on any atom is 0.241 e. The van der Waals surface area contributed by atoms with E-state index in [4.69, 9.17) is 4.74 Å². The lowest BCUT2D eigenvalue weighted by molar-refractivity contribution is -0.129. The van der Waals surface area contributed by atoms with Crippen molar-refractivity contribution in [2.75, 3.05) is 50.1 Å². The van der Waals surface area contributed by atoms with Crippen LogP contribution in [0.4, 0.5) is 11.4 Å². The Hall–Kier alpha value is -2.21. The molecule has 0 atom stereocenters. The minimum Gasteiger partial charge on any atom is -0.497 e. The van der Waals surface area contributed by atoms with Crippen LogP contribution in [0.25, 0.3) is 0 Å². The number of hydrogen-bond acceptors (Lipinski definition) is 4. The third-order valence-electron chi connectivity index (χ3n) is 4.69. The number of rotatable bonds is 5. The lowest BCUT2D eigenvalue weighted by Crippen LogP contribution is -2.50. The molecule has 0 saturated carbocycles. The molecular weight excluding hydrogens is 394 g/mol. The molecule has 0 aliphatic carbocycles. The van der Waals surface area contributed by atoms with Gasteiger partial charge in [-0.05, 0) is 55.0 Å². The van der Waals surface area contributed by atoms with Crippen molar-refractivity contribution in [1.82, 2.24) is 4.90 Å². The molecule has 0 unspecified atom stereocenters. The number of aryl methyl sites for hydroxylation is 1. The van der Waals surface area contributed by atoms with Crippen molar-refractivity contribution in [1.29, 1.82) is 0 Å². The summed E-state index contributed by atoms with van der Waals surface area (Å²) in [5, 5.41) is 3.25. The molecule has 1 heterocycles. The lowest BCUT2D eigenvalue weighted by atomic mass is 10.2. The van der Waals surface area contributed by atoms with Crippen LogP contribution in [0.15, 0.2) is 46.9 Å². The molecular formula is C20H24BrN3O2. The van der Waals surface area contributed by atoms with Gasteiger partial charge in [-0.1, -0.05) is 15.9 Å².